The van der Waals surface area contributed by atoms with Crippen LogP contribution in [0.3, 0.4) is 0 Å². The molecule has 0 bridgehead atoms. The van der Waals surface area contributed by atoms with Crippen LogP contribution in [0.5, 0.6) is 0 Å². The van der Waals surface area contributed by atoms with E-state index in [4.69, 9.17) is 0 Å². The Balaban J connectivity index is 1.67. The second kappa shape index (κ2) is 5.12. The number of aromatic nitrogens is 2. The predicted octanol–water partition coefficient (Wildman–Crippen LogP) is 0.216. The molecule has 7 heteroatoms. The van der Waals surface area contributed by atoms with Gasteiger partial charge >= 0.3 is 0 Å². The molecule has 0 aliphatic carbocycles. The van der Waals surface area contributed by atoms with Gasteiger partial charge in [-0.3, -0.25) is 9.59 Å². The maximum atomic E-state index is 11.9. The smallest absolute Gasteiger partial charge is 0.267 e. The number of pyridine rings is 1. The van der Waals surface area contributed by atoms with E-state index in [1.165, 1.54) is 0 Å². The minimum absolute atomic E-state index is 0.166. The summed E-state index contributed by atoms with van der Waals surface area (Å²) in [4.78, 5) is 27.1. The van der Waals surface area contributed by atoms with E-state index >= 15 is 0 Å². The van der Waals surface area contributed by atoms with Crippen molar-refractivity contribution in [2.75, 3.05) is 0 Å². The van der Waals surface area contributed by atoms with E-state index in [1.54, 1.807) is 6.20 Å². The Morgan fingerprint density at radius 3 is 3.10 bits per heavy atom. The van der Waals surface area contributed by atoms with E-state index < -0.39 is 0 Å². The number of amides is 2. The van der Waals surface area contributed by atoms with Crippen molar-refractivity contribution in [3.8, 4) is 0 Å². The Morgan fingerprint density at radius 2 is 2.30 bits per heavy atom. The molecule has 2 aromatic rings. The van der Waals surface area contributed by atoms with E-state index in [1.807, 2.05) is 28.8 Å². The minimum atomic E-state index is -0.280. The maximum absolute atomic E-state index is 11.9. The first-order valence-corrected chi connectivity index (χ1v) is 6.28. The molecular weight excluding hydrogens is 258 g/mol. The monoisotopic (exact) mass is 271 g/mol. The van der Waals surface area contributed by atoms with E-state index in [0.717, 1.165) is 11.3 Å². The van der Waals surface area contributed by atoms with Gasteiger partial charge in [-0.1, -0.05) is 6.07 Å². The molecule has 1 aliphatic rings. The van der Waals surface area contributed by atoms with Crippen molar-refractivity contribution in [2.24, 2.45) is 5.10 Å². The van der Waals surface area contributed by atoms with Gasteiger partial charge in [-0.05, 0) is 12.1 Å². The SMILES string of the molecule is O=C1CCC(C(=O)NCc2ncc3ccccn23)=NN1. The van der Waals surface area contributed by atoms with E-state index in [0.29, 0.717) is 25.1 Å². The average Bonchev–Trinajstić information content (AvgIpc) is 2.89. The molecule has 7 nitrogen and oxygen atoms in total. The molecule has 2 N–H and O–H groups in total. The summed E-state index contributed by atoms with van der Waals surface area (Å²) in [7, 11) is 0. The normalized spacial score (nSPS) is 14.8. The largest absolute Gasteiger partial charge is 0.344 e. The molecule has 0 unspecified atom stereocenters. The Kier molecular flexibility index (Phi) is 3.16. The Bertz CT molecular complexity index is 704. The van der Waals surface area contributed by atoms with Crippen LogP contribution < -0.4 is 10.7 Å². The van der Waals surface area contributed by atoms with Gasteiger partial charge in [0.15, 0.2) is 0 Å². The summed E-state index contributed by atoms with van der Waals surface area (Å²) in [6, 6.07) is 5.78. The third-order valence-electron chi connectivity index (χ3n) is 3.09. The summed E-state index contributed by atoms with van der Waals surface area (Å²) in [5, 5.41) is 6.51. The second-order valence-corrected chi connectivity index (χ2v) is 4.45. The summed E-state index contributed by atoms with van der Waals surface area (Å²) in [5.41, 5.74) is 3.61. The molecule has 0 spiro atoms. The lowest BCUT2D eigenvalue weighted by Gasteiger charge is -2.11. The molecule has 3 rings (SSSR count). The van der Waals surface area contributed by atoms with Crippen LogP contribution in [-0.2, 0) is 16.1 Å². The zero-order valence-corrected chi connectivity index (χ0v) is 10.7. The van der Waals surface area contributed by atoms with Crippen molar-refractivity contribution in [3.05, 3.63) is 36.4 Å². The number of nitrogens with zero attached hydrogens (tertiary/aromatic N) is 3. The number of nitrogens with one attached hydrogen (secondary N) is 2. The molecule has 0 saturated heterocycles. The van der Waals surface area contributed by atoms with Crippen molar-refractivity contribution in [3.63, 3.8) is 0 Å². The molecule has 1 aliphatic heterocycles. The van der Waals surface area contributed by atoms with Crippen LogP contribution in [0.25, 0.3) is 5.52 Å². The van der Waals surface area contributed by atoms with Crippen LogP contribution in [0.1, 0.15) is 18.7 Å². The number of hydrazone groups is 1. The minimum Gasteiger partial charge on any atom is -0.344 e. The number of carbonyl (C=O) groups is 2. The standard InChI is InChI=1S/C13H13N5O2/c19-12-5-4-10(16-17-12)13(20)15-8-11-14-7-9-3-1-2-6-18(9)11/h1-3,6-7H,4-5,8H2,(H,15,20)(H,17,19). The molecular formula is C13H13N5O2. The Morgan fingerprint density at radius 1 is 1.40 bits per heavy atom. The van der Waals surface area contributed by atoms with Gasteiger partial charge < -0.3 is 9.72 Å². The quantitative estimate of drug-likeness (QED) is 0.836. The maximum Gasteiger partial charge on any atom is 0.267 e. The van der Waals surface area contributed by atoms with Gasteiger partial charge in [0.2, 0.25) is 5.91 Å². The van der Waals surface area contributed by atoms with Crippen molar-refractivity contribution in [1.82, 2.24) is 20.1 Å². The molecule has 0 saturated carbocycles. The predicted molar refractivity (Wildman–Crippen MR) is 71.9 cm³/mol. The van der Waals surface area contributed by atoms with Crippen LogP contribution in [-0.4, -0.2) is 26.9 Å². The zero-order valence-electron chi connectivity index (χ0n) is 10.7. The highest BCUT2D eigenvalue weighted by Gasteiger charge is 2.18. The third kappa shape index (κ3) is 2.37. The van der Waals surface area contributed by atoms with Crippen molar-refractivity contribution < 1.29 is 9.59 Å². The highest BCUT2D eigenvalue weighted by molar-refractivity contribution is 6.39. The number of hydrogen-bond acceptors (Lipinski definition) is 4. The van der Waals surface area contributed by atoms with Gasteiger partial charge in [0.05, 0.1) is 18.3 Å². The summed E-state index contributed by atoms with van der Waals surface area (Å²) in [6.07, 6.45) is 4.29. The van der Waals surface area contributed by atoms with Crippen molar-refractivity contribution in [2.45, 2.75) is 19.4 Å². The first-order valence-electron chi connectivity index (χ1n) is 6.28. The fourth-order valence-electron chi connectivity index (χ4n) is 2.03. The first-order chi connectivity index (χ1) is 9.74. The van der Waals surface area contributed by atoms with Crippen LogP contribution in [0.15, 0.2) is 35.7 Å². The number of hydrogen-bond donors (Lipinski definition) is 2. The summed E-state index contributed by atoms with van der Waals surface area (Å²) >= 11 is 0. The molecule has 102 valence electrons. The topological polar surface area (TPSA) is 87.9 Å². The number of fused-ring (bicyclic) bond motifs is 1. The molecule has 2 amide bonds. The molecule has 0 radical (unpaired) electrons. The van der Waals surface area contributed by atoms with Crippen LogP contribution in [0.4, 0.5) is 0 Å². The molecule has 3 heterocycles. The highest BCUT2D eigenvalue weighted by atomic mass is 16.2. The first kappa shape index (κ1) is 12.3. The third-order valence-corrected chi connectivity index (χ3v) is 3.09. The van der Waals surface area contributed by atoms with Crippen LogP contribution in [0.2, 0.25) is 0 Å². The van der Waals surface area contributed by atoms with Crippen LogP contribution in [0, 0.1) is 0 Å². The second-order valence-electron chi connectivity index (χ2n) is 4.45. The lowest BCUT2D eigenvalue weighted by molar-refractivity contribution is -0.121. The summed E-state index contributed by atoms with van der Waals surface area (Å²) in [5.74, 6) is 0.299. The van der Waals surface area contributed by atoms with Crippen molar-refractivity contribution >= 4 is 23.0 Å². The van der Waals surface area contributed by atoms with E-state index in [2.05, 4.69) is 20.8 Å². The lowest BCUT2D eigenvalue weighted by Crippen LogP contribution is -2.36. The fraction of sp³-hybridized carbons (Fsp3) is 0.231. The van der Waals surface area contributed by atoms with Gasteiger partial charge in [-0.25, -0.2) is 10.4 Å². The Hall–Kier alpha value is -2.70. The van der Waals surface area contributed by atoms with E-state index in [9.17, 15) is 9.59 Å². The molecule has 20 heavy (non-hydrogen) atoms. The van der Waals surface area contributed by atoms with Gasteiger partial charge in [-0.2, -0.15) is 5.10 Å². The van der Waals surface area contributed by atoms with E-state index in [-0.39, 0.29) is 11.8 Å². The zero-order chi connectivity index (χ0) is 13.9. The number of imidazole rings is 1. The highest BCUT2D eigenvalue weighted by Crippen LogP contribution is 2.06. The van der Waals surface area contributed by atoms with Gasteiger partial charge in [0.25, 0.3) is 5.91 Å². The van der Waals surface area contributed by atoms with Gasteiger partial charge in [0.1, 0.15) is 11.5 Å². The fourth-order valence-corrected chi connectivity index (χ4v) is 2.03. The van der Waals surface area contributed by atoms with Crippen LogP contribution >= 0.6 is 0 Å². The molecule has 0 atom stereocenters. The van der Waals surface area contributed by atoms with Gasteiger partial charge in [-0.15, -0.1) is 0 Å². The molecule has 2 aromatic heterocycles. The molecule has 0 aromatic carbocycles. The summed E-state index contributed by atoms with van der Waals surface area (Å²) in [6.45, 7) is 0.310. The van der Waals surface area contributed by atoms with Gasteiger partial charge in [0, 0.05) is 19.0 Å². The molecule has 0 fully saturated rings. The lowest BCUT2D eigenvalue weighted by atomic mass is 10.1. The van der Waals surface area contributed by atoms with Crippen molar-refractivity contribution in [1.29, 1.82) is 0 Å². The average molecular weight is 271 g/mol. The number of carbonyl (C=O) groups excluding carboxylic acids is 2. The number of rotatable bonds is 3. The Labute approximate surface area is 114 Å². The summed E-state index contributed by atoms with van der Waals surface area (Å²) < 4.78 is 1.91.